The molecule has 0 aromatic heterocycles. The first-order valence-corrected chi connectivity index (χ1v) is 4.93. The summed E-state index contributed by atoms with van der Waals surface area (Å²) in [5, 5.41) is 6.99. The highest BCUT2D eigenvalue weighted by Gasteiger charge is 2.65. The molecule has 0 spiro atoms. The molecule has 0 aromatic rings. The number of nitrogens with one attached hydrogen (secondary N) is 2. The van der Waals surface area contributed by atoms with Crippen molar-refractivity contribution in [3.8, 4) is 0 Å². The maximum absolute atomic E-state index is 3.71. The van der Waals surface area contributed by atoms with Gasteiger partial charge in [0.05, 0.1) is 0 Å². The lowest BCUT2D eigenvalue weighted by atomic mass is 10.0. The third-order valence-electron chi connectivity index (χ3n) is 4.20. The van der Waals surface area contributed by atoms with Crippen molar-refractivity contribution in [3.05, 3.63) is 0 Å². The molecule has 1 aliphatic carbocycles. The van der Waals surface area contributed by atoms with Crippen LogP contribution < -0.4 is 10.6 Å². The fourth-order valence-electron chi connectivity index (χ4n) is 2.26. The van der Waals surface area contributed by atoms with E-state index in [0.717, 1.165) is 25.2 Å². The Kier molecular flexibility index (Phi) is 1.59. The van der Waals surface area contributed by atoms with Crippen LogP contribution in [0, 0.1) is 10.8 Å². The zero-order valence-electron chi connectivity index (χ0n) is 8.57. The smallest absolute Gasteiger partial charge is 0.0320 e. The van der Waals surface area contributed by atoms with Crippen LogP contribution >= 0.6 is 0 Å². The van der Waals surface area contributed by atoms with E-state index >= 15 is 0 Å². The van der Waals surface area contributed by atoms with Crippen LogP contribution in [-0.4, -0.2) is 25.2 Å². The molecule has 2 fully saturated rings. The van der Waals surface area contributed by atoms with E-state index in [1.165, 1.54) is 0 Å². The first-order valence-electron chi connectivity index (χ1n) is 4.93. The fourth-order valence-corrected chi connectivity index (χ4v) is 2.26. The second-order valence-electron chi connectivity index (χ2n) is 5.40. The zero-order valence-corrected chi connectivity index (χ0v) is 8.57. The van der Waals surface area contributed by atoms with Crippen LogP contribution in [0.4, 0.5) is 0 Å². The molecule has 2 nitrogen and oxygen atoms in total. The largest absolute Gasteiger partial charge is 0.314 e. The highest BCUT2D eigenvalue weighted by Crippen LogP contribution is 2.62. The van der Waals surface area contributed by atoms with Crippen molar-refractivity contribution >= 4 is 0 Å². The van der Waals surface area contributed by atoms with Gasteiger partial charge < -0.3 is 10.6 Å². The Morgan fingerprint density at radius 2 is 1.58 bits per heavy atom. The first kappa shape index (κ1) is 8.52. The molecule has 2 heteroatoms. The Labute approximate surface area is 75.1 Å². The van der Waals surface area contributed by atoms with Crippen molar-refractivity contribution in [3.63, 3.8) is 0 Å². The minimum atomic E-state index is 0.489. The van der Waals surface area contributed by atoms with Gasteiger partial charge in [0.1, 0.15) is 0 Å². The predicted octanol–water partition coefficient (Wildman–Crippen LogP) is 0.982. The summed E-state index contributed by atoms with van der Waals surface area (Å²) in [6.07, 6.45) is 0. The average molecular weight is 168 g/mol. The van der Waals surface area contributed by atoms with E-state index in [0.29, 0.717) is 10.8 Å². The van der Waals surface area contributed by atoms with E-state index in [-0.39, 0.29) is 0 Å². The molecule has 12 heavy (non-hydrogen) atoms. The summed E-state index contributed by atoms with van der Waals surface area (Å²) >= 11 is 0. The maximum atomic E-state index is 3.71. The monoisotopic (exact) mass is 168 g/mol. The van der Waals surface area contributed by atoms with Gasteiger partial charge in [-0.3, -0.25) is 0 Å². The van der Waals surface area contributed by atoms with Gasteiger partial charge in [-0.2, -0.15) is 0 Å². The van der Waals surface area contributed by atoms with E-state index in [1.54, 1.807) is 0 Å². The predicted molar refractivity (Wildman–Crippen MR) is 51.1 cm³/mol. The molecule has 70 valence electrons. The molecule has 1 saturated carbocycles. The van der Waals surface area contributed by atoms with E-state index in [9.17, 15) is 0 Å². The Morgan fingerprint density at radius 3 is 1.83 bits per heavy atom. The van der Waals surface area contributed by atoms with E-state index < -0.39 is 0 Å². The van der Waals surface area contributed by atoms with E-state index in [4.69, 9.17) is 0 Å². The second-order valence-corrected chi connectivity index (χ2v) is 5.40. The molecule has 2 aliphatic rings. The summed E-state index contributed by atoms with van der Waals surface area (Å²) < 4.78 is 0. The molecule has 0 unspecified atom stereocenters. The van der Waals surface area contributed by atoms with Crippen LogP contribution in [0.5, 0.6) is 0 Å². The lowest BCUT2D eigenvalue weighted by Gasteiger charge is -2.29. The lowest BCUT2D eigenvalue weighted by Crippen LogP contribution is -2.56. The normalized spacial score (nSPS) is 33.0. The van der Waals surface area contributed by atoms with Crippen molar-refractivity contribution in [1.29, 1.82) is 0 Å². The molecule has 0 atom stereocenters. The topological polar surface area (TPSA) is 24.1 Å². The highest BCUT2D eigenvalue weighted by atomic mass is 15.2. The minimum Gasteiger partial charge on any atom is -0.314 e. The summed E-state index contributed by atoms with van der Waals surface area (Å²) in [6.45, 7) is 11.7. The second kappa shape index (κ2) is 2.24. The van der Waals surface area contributed by atoms with Gasteiger partial charge in [-0.15, -0.1) is 0 Å². The number of hydrogen-bond acceptors (Lipinski definition) is 2. The summed E-state index contributed by atoms with van der Waals surface area (Å²) in [4.78, 5) is 0. The van der Waals surface area contributed by atoms with Gasteiger partial charge >= 0.3 is 0 Å². The highest BCUT2D eigenvalue weighted by molar-refractivity contribution is 5.18. The number of rotatable bonds is 2. The number of hydrogen-bond donors (Lipinski definition) is 2. The van der Waals surface area contributed by atoms with Crippen molar-refractivity contribution in [2.75, 3.05) is 13.1 Å². The lowest BCUT2D eigenvalue weighted by molar-refractivity contribution is 0.344. The molecule has 1 heterocycles. The van der Waals surface area contributed by atoms with Crippen LogP contribution in [0.25, 0.3) is 0 Å². The van der Waals surface area contributed by atoms with Crippen LogP contribution in [0.3, 0.4) is 0 Å². The molecule has 2 N–H and O–H groups in total. The summed E-state index contributed by atoms with van der Waals surface area (Å²) in [6, 6.07) is 1.45. The average Bonchev–Trinajstić information content (AvgIpc) is 2.18. The Morgan fingerprint density at radius 1 is 1.08 bits per heavy atom. The SMILES string of the molecule is CC1(C)C(NC2CNC2)C1(C)C. The van der Waals surface area contributed by atoms with Gasteiger partial charge in [0, 0.05) is 25.2 Å². The fraction of sp³-hybridized carbons (Fsp3) is 1.00. The first-order chi connectivity index (χ1) is 5.46. The Balaban J connectivity index is 1.91. The molecule has 0 radical (unpaired) electrons. The van der Waals surface area contributed by atoms with Gasteiger partial charge in [-0.25, -0.2) is 0 Å². The van der Waals surface area contributed by atoms with E-state index in [2.05, 4.69) is 38.3 Å². The maximum Gasteiger partial charge on any atom is 0.0320 e. The summed E-state index contributed by atoms with van der Waals surface area (Å²) in [7, 11) is 0. The van der Waals surface area contributed by atoms with Gasteiger partial charge in [0.2, 0.25) is 0 Å². The molecule has 2 rings (SSSR count). The van der Waals surface area contributed by atoms with Crippen LogP contribution in [0.2, 0.25) is 0 Å². The molecule has 1 aliphatic heterocycles. The summed E-state index contributed by atoms with van der Waals surface area (Å²) in [5.41, 5.74) is 0.977. The van der Waals surface area contributed by atoms with Gasteiger partial charge in [-0.05, 0) is 10.8 Å². The van der Waals surface area contributed by atoms with Crippen LogP contribution in [-0.2, 0) is 0 Å². The molecule has 1 saturated heterocycles. The van der Waals surface area contributed by atoms with Gasteiger partial charge in [0.15, 0.2) is 0 Å². The third kappa shape index (κ3) is 0.944. The quantitative estimate of drug-likeness (QED) is 0.642. The van der Waals surface area contributed by atoms with Gasteiger partial charge in [-0.1, -0.05) is 27.7 Å². The molecule has 0 aromatic carbocycles. The van der Waals surface area contributed by atoms with Crippen molar-refractivity contribution in [2.24, 2.45) is 10.8 Å². The molecule has 0 amide bonds. The third-order valence-corrected chi connectivity index (χ3v) is 4.20. The van der Waals surface area contributed by atoms with Crippen LogP contribution in [0.15, 0.2) is 0 Å². The minimum absolute atomic E-state index is 0.489. The molecular weight excluding hydrogens is 148 g/mol. The van der Waals surface area contributed by atoms with Crippen LogP contribution in [0.1, 0.15) is 27.7 Å². The van der Waals surface area contributed by atoms with Gasteiger partial charge in [0.25, 0.3) is 0 Å². The van der Waals surface area contributed by atoms with E-state index in [1.807, 2.05) is 0 Å². The summed E-state index contributed by atoms with van der Waals surface area (Å²) in [5.74, 6) is 0. The Hall–Kier alpha value is -0.0800. The zero-order chi connectivity index (χ0) is 8.98. The molecule has 0 bridgehead atoms. The molecular formula is C10H20N2. The van der Waals surface area contributed by atoms with Crippen molar-refractivity contribution in [2.45, 2.75) is 39.8 Å². The van der Waals surface area contributed by atoms with Crippen molar-refractivity contribution in [1.82, 2.24) is 10.6 Å². The van der Waals surface area contributed by atoms with Crippen molar-refractivity contribution < 1.29 is 0 Å². The Bertz CT molecular complexity index is 178. The standard InChI is InChI=1S/C10H20N2/c1-9(2)8(10(9,3)4)12-7-5-11-6-7/h7-8,11-12H,5-6H2,1-4H3.